The summed E-state index contributed by atoms with van der Waals surface area (Å²) in [4.78, 5) is 28.1. The monoisotopic (exact) mass is 453 g/mol. The Kier molecular flexibility index (Phi) is 6.62. The van der Waals surface area contributed by atoms with Gasteiger partial charge in [-0.25, -0.2) is 0 Å². The van der Waals surface area contributed by atoms with Gasteiger partial charge in [-0.1, -0.05) is 77.5 Å². The van der Waals surface area contributed by atoms with Gasteiger partial charge in [0.25, 0.3) is 5.91 Å². The second kappa shape index (κ2) is 9.76. The van der Waals surface area contributed by atoms with Gasteiger partial charge in [-0.3, -0.25) is 14.5 Å². The fourth-order valence-electron chi connectivity index (χ4n) is 3.68. The summed E-state index contributed by atoms with van der Waals surface area (Å²) in [6.45, 7) is 3.98. The molecule has 1 heterocycles. The number of hydrogen-bond acceptors (Lipinski definition) is 4. The van der Waals surface area contributed by atoms with Crippen molar-refractivity contribution < 1.29 is 9.59 Å². The van der Waals surface area contributed by atoms with E-state index in [1.807, 2.05) is 68.4 Å². The molecule has 1 N–H and O–H groups in total. The van der Waals surface area contributed by atoms with Gasteiger partial charge in [-0.2, -0.15) is 5.26 Å². The number of carbonyl (C=O) groups is 2. The fraction of sp³-hybridized carbons (Fsp3) is 0.148. The van der Waals surface area contributed by atoms with Crippen LogP contribution in [0.5, 0.6) is 0 Å². The zero-order valence-electron chi connectivity index (χ0n) is 18.4. The highest BCUT2D eigenvalue weighted by molar-refractivity contribution is 8.05. The van der Waals surface area contributed by atoms with E-state index in [1.54, 1.807) is 24.3 Å². The summed E-state index contributed by atoms with van der Waals surface area (Å²) in [6.07, 6.45) is 0.510. The van der Waals surface area contributed by atoms with Gasteiger partial charge in [-0.15, -0.1) is 0 Å². The molecule has 1 saturated heterocycles. The average molecular weight is 454 g/mol. The third kappa shape index (κ3) is 5.00. The standard InChI is InChI=1S/C27H23N3O2S/c1-18-11-13-22(14-12-18)30-26(32)24(16-20-8-6-7-19(2)15-20)33-27(30)23(17-28)25(31)29-21-9-4-3-5-10-21/h3-15,24H,16H2,1-2H3,(H,29,31). The molecule has 0 aromatic heterocycles. The van der Waals surface area contributed by atoms with Crippen LogP contribution in [0.1, 0.15) is 16.7 Å². The molecule has 1 atom stereocenters. The maximum absolute atomic E-state index is 13.5. The van der Waals surface area contributed by atoms with Crippen LogP contribution in [0.15, 0.2) is 89.5 Å². The number of carbonyl (C=O) groups excluding carboxylic acids is 2. The van der Waals surface area contributed by atoms with Crippen molar-refractivity contribution in [3.63, 3.8) is 0 Å². The lowest BCUT2D eigenvalue weighted by atomic mass is 10.1. The molecule has 0 radical (unpaired) electrons. The summed E-state index contributed by atoms with van der Waals surface area (Å²) in [5, 5.41) is 12.6. The summed E-state index contributed by atoms with van der Waals surface area (Å²) in [6, 6.07) is 26.5. The minimum absolute atomic E-state index is 0.0791. The molecule has 0 spiro atoms. The fourth-order valence-corrected chi connectivity index (χ4v) is 4.99. The van der Waals surface area contributed by atoms with Crippen molar-refractivity contribution in [2.24, 2.45) is 0 Å². The first-order valence-corrected chi connectivity index (χ1v) is 11.5. The smallest absolute Gasteiger partial charge is 0.269 e. The molecule has 3 aromatic rings. The van der Waals surface area contributed by atoms with Crippen LogP contribution in [0.4, 0.5) is 11.4 Å². The van der Waals surface area contributed by atoms with Crippen LogP contribution < -0.4 is 10.2 Å². The summed E-state index contributed by atoms with van der Waals surface area (Å²) in [5.74, 6) is -0.673. The minimum atomic E-state index is -0.535. The van der Waals surface area contributed by atoms with Gasteiger partial charge in [-0.05, 0) is 50.1 Å². The quantitative estimate of drug-likeness (QED) is 0.416. The van der Waals surface area contributed by atoms with E-state index in [2.05, 4.69) is 11.4 Å². The van der Waals surface area contributed by atoms with Gasteiger partial charge in [0.05, 0.1) is 5.25 Å². The molecule has 1 unspecified atom stereocenters. The zero-order valence-corrected chi connectivity index (χ0v) is 19.2. The maximum Gasteiger partial charge on any atom is 0.269 e. The molecule has 1 fully saturated rings. The summed E-state index contributed by atoms with van der Waals surface area (Å²) >= 11 is 1.27. The largest absolute Gasteiger partial charge is 0.321 e. The number of aryl methyl sites for hydroxylation is 2. The van der Waals surface area contributed by atoms with Crippen molar-refractivity contribution >= 4 is 35.0 Å². The number of rotatable bonds is 5. The third-order valence-corrected chi connectivity index (χ3v) is 6.60. The molecule has 4 rings (SSSR count). The molecule has 0 bridgehead atoms. The van der Waals surface area contributed by atoms with Crippen molar-refractivity contribution in [3.05, 3.63) is 106 Å². The van der Waals surface area contributed by atoms with Crippen molar-refractivity contribution in [2.45, 2.75) is 25.5 Å². The molecule has 6 heteroatoms. The van der Waals surface area contributed by atoms with Crippen LogP contribution in [-0.4, -0.2) is 17.1 Å². The molecular formula is C27H23N3O2S. The second-order valence-corrected chi connectivity index (χ2v) is 9.11. The van der Waals surface area contributed by atoms with E-state index in [0.717, 1.165) is 16.7 Å². The number of nitrogens with zero attached hydrogens (tertiary/aromatic N) is 2. The van der Waals surface area contributed by atoms with Gasteiger partial charge in [0.15, 0.2) is 0 Å². The Morgan fingerprint density at radius 1 is 1.00 bits per heavy atom. The highest BCUT2D eigenvalue weighted by Gasteiger charge is 2.40. The Balaban J connectivity index is 1.73. The second-order valence-electron chi connectivity index (χ2n) is 7.92. The molecular weight excluding hydrogens is 430 g/mol. The van der Waals surface area contributed by atoms with E-state index in [4.69, 9.17) is 0 Å². The molecule has 33 heavy (non-hydrogen) atoms. The lowest BCUT2D eigenvalue weighted by molar-refractivity contribution is -0.117. The number of thioether (sulfide) groups is 1. The number of anilines is 2. The number of benzene rings is 3. The number of nitriles is 1. The van der Waals surface area contributed by atoms with Gasteiger partial charge in [0.1, 0.15) is 16.7 Å². The molecule has 2 amide bonds. The molecule has 0 saturated carbocycles. The normalized spacial score (nSPS) is 16.9. The zero-order chi connectivity index (χ0) is 23.4. The van der Waals surface area contributed by atoms with Crippen LogP contribution in [0, 0.1) is 25.2 Å². The van der Waals surface area contributed by atoms with E-state index in [9.17, 15) is 14.9 Å². The van der Waals surface area contributed by atoms with Crippen LogP contribution in [-0.2, 0) is 16.0 Å². The Morgan fingerprint density at radius 3 is 2.39 bits per heavy atom. The SMILES string of the molecule is Cc1ccc(N2C(=O)C(Cc3cccc(C)c3)SC2=C(C#N)C(=O)Nc2ccccc2)cc1. The lowest BCUT2D eigenvalue weighted by Gasteiger charge is -2.19. The number of amides is 2. The van der Waals surface area contributed by atoms with E-state index >= 15 is 0 Å². The predicted molar refractivity (Wildman–Crippen MR) is 133 cm³/mol. The lowest BCUT2D eigenvalue weighted by Crippen LogP contribution is -2.30. The number of para-hydroxylation sites is 1. The molecule has 1 aliphatic rings. The predicted octanol–water partition coefficient (Wildman–Crippen LogP) is 5.37. The van der Waals surface area contributed by atoms with Crippen LogP contribution in [0.25, 0.3) is 0 Å². The van der Waals surface area contributed by atoms with Crippen molar-refractivity contribution in [1.82, 2.24) is 0 Å². The Labute approximate surface area is 197 Å². The van der Waals surface area contributed by atoms with Gasteiger partial charge in [0, 0.05) is 11.4 Å². The topological polar surface area (TPSA) is 73.2 Å². The van der Waals surface area contributed by atoms with E-state index in [0.29, 0.717) is 22.8 Å². The van der Waals surface area contributed by atoms with Crippen molar-refractivity contribution in [3.8, 4) is 6.07 Å². The Morgan fingerprint density at radius 2 is 1.73 bits per heavy atom. The molecule has 0 aliphatic carbocycles. The number of hydrogen-bond donors (Lipinski definition) is 1. The summed E-state index contributed by atoms with van der Waals surface area (Å²) in [7, 11) is 0. The first-order chi connectivity index (χ1) is 16.0. The van der Waals surface area contributed by atoms with Gasteiger partial charge >= 0.3 is 0 Å². The summed E-state index contributed by atoms with van der Waals surface area (Å²) in [5.41, 5.74) is 4.36. The first-order valence-electron chi connectivity index (χ1n) is 10.6. The number of nitrogens with one attached hydrogen (secondary N) is 1. The van der Waals surface area contributed by atoms with Gasteiger partial charge in [0.2, 0.25) is 5.91 Å². The first kappa shape index (κ1) is 22.4. The van der Waals surface area contributed by atoms with Gasteiger partial charge < -0.3 is 5.32 Å². The highest BCUT2D eigenvalue weighted by atomic mass is 32.2. The van der Waals surface area contributed by atoms with Crippen molar-refractivity contribution in [2.75, 3.05) is 10.2 Å². The minimum Gasteiger partial charge on any atom is -0.321 e. The Hall–Kier alpha value is -3.82. The van der Waals surface area contributed by atoms with Crippen LogP contribution >= 0.6 is 11.8 Å². The van der Waals surface area contributed by atoms with Crippen LogP contribution in [0.3, 0.4) is 0 Å². The Bertz CT molecular complexity index is 1260. The third-order valence-electron chi connectivity index (χ3n) is 5.33. The van der Waals surface area contributed by atoms with Crippen molar-refractivity contribution in [1.29, 1.82) is 5.26 Å². The van der Waals surface area contributed by atoms with E-state index < -0.39 is 11.2 Å². The molecule has 1 aliphatic heterocycles. The van der Waals surface area contributed by atoms with E-state index in [-0.39, 0.29) is 11.5 Å². The molecule has 3 aromatic carbocycles. The highest BCUT2D eigenvalue weighted by Crippen LogP contribution is 2.42. The maximum atomic E-state index is 13.5. The molecule has 5 nitrogen and oxygen atoms in total. The van der Waals surface area contributed by atoms with E-state index in [1.165, 1.54) is 16.7 Å². The summed E-state index contributed by atoms with van der Waals surface area (Å²) < 4.78 is 0. The molecule has 164 valence electrons. The van der Waals surface area contributed by atoms with Crippen LogP contribution in [0.2, 0.25) is 0 Å². The average Bonchev–Trinajstić information content (AvgIpc) is 3.11.